The minimum atomic E-state index is -0.473. The quantitative estimate of drug-likeness (QED) is 0.466. The maximum atomic E-state index is 12.8. The van der Waals surface area contributed by atoms with E-state index < -0.39 is 6.09 Å². The number of alkyl carbamates (subject to hydrolysis) is 1. The summed E-state index contributed by atoms with van der Waals surface area (Å²) in [5.74, 6) is 1.23. The Morgan fingerprint density at radius 1 is 1.18 bits per heavy atom. The zero-order chi connectivity index (χ0) is 28.3. The van der Waals surface area contributed by atoms with E-state index >= 15 is 0 Å². The van der Waals surface area contributed by atoms with Gasteiger partial charge < -0.3 is 24.0 Å². The predicted molar refractivity (Wildman–Crippen MR) is 147 cm³/mol. The molecule has 0 unspecified atom stereocenters. The highest BCUT2D eigenvalue weighted by molar-refractivity contribution is 5.75. The molecule has 3 aromatic heterocycles. The predicted octanol–water partition coefficient (Wildman–Crippen LogP) is 3.14. The smallest absolute Gasteiger partial charge is 0.407 e. The minimum Gasteiger partial charge on any atom is -0.486 e. The van der Waals surface area contributed by atoms with Gasteiger partial charge in [-0.3, -0.25) is 14.3 Å². The van der Waals surface area contributed by atoms with E-state index in [0.717, 1.165) is 29.5 Å². The molecule has 0 aliphatic carbocycles. The van der Waals surface area contributed by atoms with Crippen LogP contribution in [0.1, 0.15) is 45.0 Å². The summed E-state index contributed by atoms with van der Waals surface area (Å²) in [5.41, 5.74) is 1.25. The van der Waals surface area contributed by atoms with Gasteiger partial charge in [-0.2, -0.15) is 5.26 Å². The Morgan fingerprint density at radius 2 is 1.90 bits per heavy atom. The molecule has 0 aromatic carbocycles. The lowest BCUT2D eigenvalue weighted by Crippen LogP contribution is -2.65. The molecule has 11 nitrogen and oxygen atoms in total. The van der Waals surface area contributed by atoms with Crippen molar-refractivity contribution in [1.82, 2.24) is 19.9 Å². The average molecular weight is 548 g/mol. The number of ether oxygens (including phenoxy) is 3. The lowest BCUT2D eigenvalue weighted by atomic mass is 9.94. The SMILES string of the molecule is CC(C)(C)[N+]1(CCn2c(=O)ccc3ccc(C#N)nc32)CCC(OC(=O)NCc2cc3c(cn2)OCCO3)CC1. The van der Waals surface area contributed by atoms with Crippen molar-refractivity contribution in [2.75, 3.05) is 32.8 Å². The van der Waals surface area contributed by atoms with Crippen molar-refractivity contribution in [2.24, 2.45) is 0 Å². The lowest BCUT2D eigenvalue weighted by Gasteiger charge is -2.52. The van der Waals surface area contributed by atoms with E-state index in [9.17, 15) is 14.9 Å². The van der Waals surface area contributed by atoms with E-state index in [1.165, 1.54) is 0 Å². The van der Waals surface area contributed by atoms with E-state index in [1.54, 1.807) is 35.0 Å². The van der Waals surface area contributed by atoms with Crippen LogP contribution in [0.3, 0.4) is 0 Å². The monoisotopic (exact) mass is 547 g/mol. The molecule has 1 saturated heterocycles. The van der Waals surface area contributed by atoms with Gasteiger partial charge in [-0.15, -0.1) is 0 Å². The van der Waals surface area contributed by atoms with Crippen LogP contribution in [0.25, 0.3) is 11.0 Å². The first-order chi connectivity index (χ1) is 19.2. The van der Waals surface area contributed by atoms with Crippen molar-refractivity contribution in [2.45, 2.75) is 58.3 Å². The number of hydrogen-bond donors (Lipinski definition) is 1. The van der Waals surface area contributed by atoms with Crippen LogP contribution in [0.4, 0.5) is 4.79 Å². The van der Waals surface area contributed by atoms with Gasteiger partial charge in [0.25, 0.3) is 5.56 Å². The number of pyridine rings is 3. The van der Waals surface area contributed by atoms with Gasteiger partial charge in [-0.05, 0) is 39.0 Å². The largest absolute Gasteiger partial charge is 0.486 e. The van der Waals surface area contributed by atoms with Crippen molar-refractivity contribution >= 4 is 17.1 Å². The Balaban J connectivity index is 1.20. The fourth-order valence-corrected chi connectivity index (χ4v) is 5.56. The number of carbonyl (C=O) groups excluding carboxylic acids is 1. The molecule has 11 heteroatoms. The van der Waals surface area contributed by atoms with Crippen molar-refractivity contribution in [1.29, 1.82) is 5.26 Å². The number of hydrogen-bond acceptors (Lipinski definition) is 8. The number of amides is 1. The highest BCUT2D eigenvalue weighted by Crippen LogP contribution is 2.32. The molecule has 1 fully saturated rings. The molecular formula is C29H35N6O5+. The maximum Gasteiger partial charge on any atom is 0.407 e. The Bertz CT molecular complexity index is 1500. The zero-order valence-corrected chi connectivity index (χ0v) is 23.2. The lowest BCUT2D eigenvalue weighted by molar-refractivity contribution is -0.975. The first kappa shape index (κ1) is 27.4. The molecule has 3 aromatic rings. The molecular weight excluding hydrogens is 512 g/mol. The standard InChI is InChI=1S/C29H34N6O5/c1-29(2,3)35(13-10-34-26(36)7-5-20-4-6-21(17-30)33-27(20)34)11-8-23(9-12-35)40-28(37)32-18-22-16-24-25(19-31-22)39-15-14-38-24/h4-7,16,19,23H,8-15,18H2,1-3H3/p+1. The summed E-state index contributed by atoms with van der Waals surface area (Å²) in [6.07, 6.45) is 2.37. The number of piperidine rings is 1. The summed E-state index contributed by atoms with van der Waals surface area (Å²) in [7, 11) is 0. The van der Waals surface area contributed by atoms with Crippen LogP contribution in [-0.4, -0.2) is 69.6 Å². The molecule has 2 aliphatic rings. The number of nitrogens with zero attached hydrogens (tertiary/aromatic N) is 5. The average Bonchev–Trinajstić information content (AvgIpc) is 2.95. The van der Waals surface area contributed by atoms with Crippen molar-refractivity contribution in [3.8, 4) is 17.6 Å². The van der Waals surface area contributed by atoms with E-state index in [0.29, 0.717) is 55.4 Å². The van der Waals surface area contributed by atoms with Crippen molar-refractivity contribution in [3.05, 3.63) is 58.3 Å². The van der Waals surface area contributed by atoms with Crippen LogP contribution in [0.5, 0.6) is 11.5 Å². The molecule has 0 spiro atoms. The van der Waals surface area contributed by atoms with Crippen LogP contribution < -0.4 is 20.3 Å². The fourth-order valence-electron chi connectivity index (χ4n) is 5.56. The second-order valence-corrected chi connectivity index (χ2v) is 11.3. The number of fused-ring (bicyclic) bond motifs is 2. The van der Waals surface area contributed by atoms with Crippen molar-refractivity contribution < 1.29 is 23.5 Å². The third kappa shape index (κ3) is 5.72. The van der Waals surface area contributed by atoms with Crippen LogP contribution >= 0.6 is 0 Å². The third-order valence-corrected chi connectivity index (χ3v) is 8.05. The highest BCUT2D eigenvalue weighted by Gasteiger charge is 2.44. The summed E-state index contributed by atoms with van der Waals surface area (Å²) in [6.45, 7) is 10.6. The molecule has 210 valence electrons. The zero-order valence-electron chi connectivity index (χ0n) is 23.2. The van der Waals surface area contributed by atoms with Crippen LogP contribution in [0.2, 0.25) is 0 Å². The first-order valence-corrected chi connectivity index (χ1v) is 13.6. The Labute approximate surface area is 232 Å². The van der Waals surface area contributed by atoms with E-state index in [1.807, 2.05) is 6.07 Å². The number of rotatable bonds is 6. The Morgan fingerprint density at radius 3 is 2.62 bits per heavy atom. The first-order valence-electron chi connectivity index (χ1n) is 13.6. The van der Waals surface area contributed by atoms with Crippen LogP contribution in [0.15, 0.2) is 41.3 Å². The fraction of sp³-hybridized carbons (Fsp3) is 0.483. The number of aromatic nitrogens is 3. The molecule has 0 radical (unpaired) electrons. The molecule has 2 aliphatic heterocycles. The van der Waals surface area contributed by atoms with Gasteiger partial charge in [-0.1, -0.05) is 0 Å². The number of quaternary nitrogens is 1. The Kier molecular flexibility index (Phi) is 7.63. The number of nitriles is 1. The molecule has 0 saturated carbocycles. The van der Waals surface area contributed by atoms with Gasteiger partial charge in [0.15, 0.2) is 11.5 Å². The van der Waals surface area contributed by atoms with Gasteiger partial charge in [0.05, 0.1) is 50.2 Å². The number of likely N-dealkylation sites (tertiary alicyclic amines) is 1. The number of nitrogens with one attached hydrogen (secondary N) is 1. The molecule has 5 heterocycles. The van der Waals surface area contributed by atoms with Gasteiger partial charge >= 0.3 is 6.09 Å². The summed E-state index contributed by atoms with van der Waals surface area (Å²) in [4.78, 5) is 34.1. The molecule has 0 atom stereocenters. The molecule has 40 heavy (non-hydrogen) atoms. The molecule has 5 rings (SSSR count). The summed E-state index contributed by atoms with van der Waals surface area (Å²) >= 11 is 0. The highest BCUT2D eigenvalue weighted by atomic mass is 16.6. The molecule has 1 N–H and O–H groups in total. The van der Waals surface area contributed by atoms with Crippen molar-refractivity contribution in [3.63, 3.8) is 0 Å². The van der Waals surface area contributed by atoms with Gasteiger partial charge in [0.2, 0.25) is 0 Å². The summed E-state index contributed by atoms with van der Waals surface area (Å²) in [5, 5.41) is 12.9. The van der Waals surface area contributed by atoms with Crippen LogP contribution in [0, 0.1) is 11.3 Å². The van der Waals surface area contributed by atoms with E-state index in [2.05, 4.69) is 42.1 Å². The maximum absolute atomic E-state index is 12.8. The molecule has 0 bridgehead atoms. The topological polar surface area (TPSA) is 128 Å². The normalized spacial score (nSPS) is 20.5. The Hall–Kier alpha value is -4.17. The third-order valence-electron chi connectivity index (χ3n) is 8.05. The second kappa shape index (κ2) is 11.1. The summed E-state index contributed by atoms with van der Waals surface area (Å²) < 4.78 is 19.3. The summed E-state index contributed by atoms with van der Waals surface area (Å²) in [6, 6.07) is 10.6. The minimum absolute atomic E-state index is 0.0867. The van der Waals surface area contributed by atoms with Gasteiger partial charge in [0, 0.05) is 30.4 Å². The van der Waals surface area contributed by atoms with Crippen LogP contribution in [-0.2, 0) is 17.8 Å². The van der Waals surface area contributed by atoms with E-state index in [4.69, 9.17) is 14.2 Å². The van der Waals surface area contributed by atoms with Gasteiger partial charge in [0.1, 0.15) is 36.7 Å². The molecule has 1 amide bonds. The van der Waals surface area contributed by atoms with E-state index in [-0.39, 0.29) is 29.4 Å². The number of carbonyl (C=O) groups is 1. The van der Waals surface area contributed by atoms with Gasteiger partial charge in [-0.25, -0.2) is 9.78 Å². The second-order valence-electron chi connectivity index (χ2n) is 11.3.